The number of nitrogens with one attached hydrogen (secondary N) is 1. The van der Waals surface area contributed by atoms with Crippen molar-refractivity contribution < 1.29 is 18.8 Å². The monoisotopic (exact) mass is 457 g/mol. The van der Waals surface area contributed by atoms with Crippen molar-refractivity contribution in [3.05, 3.63) is 53.3 Å². The first kappa shape index (κ1) is 22.0. The molecule has 0 unspecified atom stereocenters. The van der Waals surface area contributed by atoms with Crippen molar-refractivity contribution in [3.8, 4) is 11.3 Å². The van der Waals surface area contributed by atoms with E-state index >= 15 is 0 Å². The molecule has 1 fully saturated rings. The smallest absolute Gasteiger partial charge is 0.416 e. The molecule has 168 valence electrons. The van der Waals surface area contributed by atoms with E-state index in [1.54, 1.807) is 31.5 Å². The van der Waals surface area contributed by atoms with Crippen LogP contribution < -0.4 is 10.2 Å². The minimum atomic E-state index is -0.452. The van der Waals surface area contributed by atoms with Gasteiger partial charge in [0, 0.05) is 30.0 Å². The number of benzene rings is 1. The minimum Gasteiger partial charge on any atom is -0.447 e. The van der Waals surface area contributed by atoms with E-state index in [9.17, 15) is 4.79 Å². The van der Waals surface area contributed by atoms with Gasteiger partial charge in [-0.3, -0.25) is 4.90 Å². The van der Waals surface area contributed by atoms with Crippen molar-refractivity contribution in [1.82, 2.24) is 15.1 Å². The number of nitrogens with zero attached hydrogens (tertiary/aromatic N) is 4. The maximum absolute atomic E-state index is 12.4. The molecule has 1 aliphatic rings. The van der Waals surface area contributed by atoms with Crippen LogP contribution in [0.15, 0.2) is 47.1 Å². The number of halogens is 1. The van der Waals surface area contributed by atoms with Gasteiger partial charge in [0.2, 0.25) is 5.95 Å². The van der Waals surface area contributed by atoms with Crippen molar-refractivity contribution in [3.63, 3.8) is 0 Å². The van der Waals surface area contributed by atoms with E-state index < -0.39 is 6.09 Å². The van der Waals surface area contributed by atoms with Crippen LogP contribution in [0.25, 0.3) is 11.3 Å². The second kappa shape index (κ2) is 9.54. The number of hydrogen-bond acceptors (Lipinski definition) is 8. The second-order valence-electron chi connectivity index (χ2n) is 7.42. The van der Waals surface area contributed by atoms with Gasteiger partial charge >= 0.3 is 6.09 Å². The Morgan fingerprint density at radius 3 is 2.81 bits per heavy atom. The molecule has 0 saturated carbocycles. The van der Waals surface area contributed by atoms with Crippen molar-refractivity contribution in [1.29, 1.82) is 0 Å². The van der Waals surface area contributed by atoms with Gasteiger partial charge < -0.3 is 19.3 Å². The zero-order valence-electron chi connectivity index (χ0n) is 18.0. The molecule has 0 bridgehead atoms. The largest absolute Gasteiger partial charge is 0.447 e. The lowest BCUT2D eigenvalue weighted by Gasteiger charge is -2.26. The predicted octanol–water partition coefficient (Wildman–Crippen LogP) is 4.71. The molecular weight excluding hydrogens is 434 g/mol. The summed E-state index contributed by atoms with van der Waals surface area (Å²) in [7, 11) is 1.62. The molecule has 0 aliphatic carbocycles. The number of carbonyl (C=O) groups excluding carboxylic acids is 1. The van der Waals surface area contributed by atoms with E-state index in [2.05, 4.69) is 20.4 Å². The number of cyclic esters (lactones) is 1. The zero-order valence-corrected chi connectivity index (χ0v) is 18.7. The van der Waals surface area contributed by atoms with Gasteiger partial charge in [-0.1, -0.05) is 23.7 Å². The number of anilines is 2. The first-order valence-electron chi connectivity index (χ1n) is 10.3. The SMILES string of the molecule is CC[C@@H](OC)[C@H]1COC(=O)N1c1ccnc(N[C@@H](C)c2cc(-c3ccc(Cl)cc3)on2)n1. The third-order valence-corrected chi connectivity index (χ3v) is 5.63. The minimum absolute atomic E-state index is 0.159. The fourth-order valence-electron chi connectivity index (χ4n) is 3.63. The molecule has 1 N–H and O–H groups in total. The highest BCUT2D eigenvalue weighted by Crippen LogP contribution is 2.28. The summed E-state index contributed by atoms with van der Waals surface area (Å²) in [5, 5.41) is 8.01. The fraction of sp³-hybridized carbons (Fsp3) is 0.364. The molecule has 0 spiro atoms. The van der Waals surface area contributed by atoms with E-state index in [4.69, 9.17) is 25.6 Å². The number of ether oxygens (including phenoxy) is 2. The van der Waals surface area contributed by atoms with Gasteiger partial charge in [0.1, 0.15) is 24.2 Å². The number of carbonyl (C=O) groups is 1. The Morgan fingerprint density at radius 1 is 1.31 bits per heavy atom. The van der Waals surface area contributed by atoms with Gasteiger partial charge in [-0.05, 0) is 43.7 Å². The molecule has 3 heterocycles. The zero-order chi connectivity index (χ0) is 22.7. The lowest BCUT2D eigenvalue weighted by molar-refractivity contribution is 0.0711. The summed E-state index contributed by atoms with van der Waals surface area (Å²) in [6.45, 7) is 4.17. The molecule has 3 atom stereocenters. The third-order valence-electron chi connectivity index (χ3n) is 5.37. The van der Waals surface area contributed by atoms with Crippen LogP contribution in [-0.4, -0.2) is 47.1 Å². The maximum Gasteiger partial charge on any atom is 0.416 e. The highest BCUT2D eigenvalue weighted by Gasteiger charge is 2.40. The molecule has 0 radical (unpaired) electrons. The van der Waals surface area contributed by atoms with E-state index in [1.807, 2.05) is 32.0 Å². The average Bonchev–Trinajstić information content (AvgIpc) is 3.43. The lowest BCUT2D eigenvalue weighted by atomic mass is 10.1. The third kappa shape index (κ3) is 4.53. The molecular formula is C22H24ClN5O4. The Morgan fingerprint density at radius 2 is 2.09 bits per heavy atom. The summed E-state index contributed by atoms with van der Waals surface area (Å²) in [4.78, 5) is 22.7. The Kier molecular flexibility index (Phi) is 6.57. The van der Waals surface area contributed by atoms with Crippen LogP contribution in [-0.2, 0) is 9.47 Å². The first-order valence-corrected chi connectivity index (χ1v) is 10.7. The van der Waals surface area contributed by atoms with Crippen molar-refractivity contribution in [2.75, 3.05) is 23.9 Å². The Balaban J connectivity index is 1.50. The summed E-state index contributed by atoms with van der Waals surface area (Å²) in [5.41, 5.74) is 1.56. The molecule has 1 aliphatic heterocycles. The molecule has 10 heteroatoms. The van der Waals surface area contributed by atoms with Gasteiger partial charge in [-0.25, -0.2) is 9.78 Å². The highest BCUT2D eigenvalue weighted by molar-refractivity contribution is 6.30. The van der Waals surface area contributed by atoms with Gasteiger partial charge in [0.05, 0.1) is 12.1 Å². The molecule has 1 aromatic carbocycles. The van der Waals surface area contributed by atoms with Gasteiger partial charge in [0.15, 0.2) is 5.76 Å². The molecule has 2 aromatic heterocycles. The normalized spacial score (nSPS) is 17.8. The number of hydrogen-bond donors (Lipinski definition) is 1. The quantitative estimate of drug-likeness (QED) is 0.518. The van der Waals surface area contributed by atoms with E-state index in [1.165, 1.54) is 4.90 Å². The van der Waals surface area contributed by atoms with Crippen LogP contribution in [0.5, 0.6) is 0 Å². The molecule has 32 heavy (non-hydrogen) atoms. The Hall–Kier alpha value is -3.17. The van der Waals surface area contributed by atoms with Crippen LogP contribution in [0.1, 0.15) is 32.0 Å². The van der Waals surface area contributed by atoms with Crippen LogP contribution >= 0.6 is 11.6 Å². The number of amides is 1. The average molecular weight is 458 g/mol. The summed E-state index contributed by atoms with van der Waals surface area (Å²) in [6, 6.07) is 10.4. The first-order chi connectivity index (χ1) is 15.5. The molecule has 4 rings (SSSR count). The molecule has 3 aromatic rings. The number of methoxy groups -OCH3 is 1. The van der Waals surface area contributed by atoms with Crippen molar-refractivity contribution in [2.45, 2.75) is 38.5 Å². The van der Waals surface area contributed by atoms with E-state index in [0.29, 0.717) is 28.2 Å². The Labute approximate surface area is 190 Å². The molecule has 1 amide bonds. The molecule has 9 nitrogen and oxygen atoms in total. The van der Waals surface area contributed by atoms with Crippen LogP contribution in [0.4, 0.5) is 16.6 Å². The van der Waals surface area contributed by atoms with Gasteiger partial charge in [0.25, 0.3) is 0 Å². The van der Waals surface area contributed by atoms with Crippen LogP contribution in [0.3, 0.4) is 0 Å². The van der Waals surface area contributed by atoms with E-state index in [0.717, 1.165) is 12.0 Å². The highest BCUT2D eigenvalue weighted by atomic mass is 35.5. The van der Waals surface area contributed by atoms with E-state index in [-0.39, 0.29) is 24.8 Å². The van der Waals surface area contributed by atoms with Crippen molar-refractivity contribution >= 4 is 29.5 Å². The predicted molar refractivity (Wildman–Crippen MR) is 120 cm³/mol. The molecule has 1 saturated heterocycles. The fourth-order valence-corrected chi connectivity index (χ4v) is 3.76. The summed E-state index contributed by atoms with van der Waals surface area (Å²) >= 11 is 5.95. The summed E-state index contributed by atoms with van der Waals surface area (Å²) in [6.07, 6.45) is 1.72. The summed E-state index contributed by atoms with van der Waals surface area (Å²) < 4.78 is 16.3. The lowest BCUT2D eigenvalue weighted by Crippen LogP contribution is -2.43. The second-order valence-corrected chi connectivity index (χ2v) is 7.86. The van der Waals surface area contributed by atoms with Crippen LogP contribution in [0.2, 0.25) is 5.02 Å². The Bertz CT molecular complexity index is 1070. The summed E-state index contributed by atoms with van der Waals surface area (Å²) in [5.74, 6) is 1.43. The maximum atomic E-state index is 12.4. The van der Waals surface area contributed by atoms with Gasteiger partial charge in [-0.2, -0.15) is 4.98 Å². The number of rotatable bonds is 8. The van der Waals surface area contributed by atoms with Crippen LogP contribution in [0, 0.1) is 0 Å². The van der Waals surface area contributed by atoms with Crippen molar-refractivity contribution in [2.24, 2.45) is 0 Å². The topological polar surface area (TPSA) is 103 Å². The number of aromatic nitrogens is 3. The van der Waals surface area contributed by atoms with Gasteiger partial charge in [-0.15, -0.1) is 0 Å². The standard InChI is InChI=1S/C22H24ClN5O4/c1-4-18(30-3)17-12-31-22(29)28(17)20-9-10-24-21(26-20)25-13(2)16-11-19(32-27-16)14-5-7-15(23)8-6-14/h5-11,13,17-18H,4,12H2,1-3H3,(H,24,25,26)/t13-,17+,18+/m0/s1.